The zero-order chi connectivity index (χ0) is 8.43. The molecular weight excluding hydrogens is 193 g/mol. The van der Waals surface area contributed by atoms with Crippen molar-refractivity contribution < 1.29 is 14.4 Å². The van der Waals surface area contributed by atoms with Crippen molar-refractivity contribution in [3.8, 4) is 0 Å². The molecule has 0 radical (unpaired) electrons. The predicted molar refractivity (Wildman–Crippen MR) is 37.9 cm³/mol. The average Bonchev–Trinajstić information content (AvgIpc) is 1.96. The number of amides is 1. The topological polar surface area (TPSA) is 46.6 Å². The maximum Gasteiger partial charge on any atom is 0.365 e. The molecule has 0 N–H and O–H groups in total. The molecule has 1 fully saturated rings. The summed E-state index contributed by atoms with van der Waals surface area (Å²) >= 11 is 10.3. The Kier molecular flexibility index (Phi) is 2.57. The fourth-order valence-corrected chi connectivity index (χ4v) is 0.619. The molecule has 1 aliphatic heterocycles. The smallest absolute Gasteiger partial charge is 0.335 e. The van der Waals surface area contributed by atoms with Crippen molar-refractivity contribution in [2.75, 3.05) is 6.54 Å². The van der Waals surface area contributed by atoms with Crippen LogP contribution < -0.4 is 0 Å². The minimum absolute atomic E-state index is 0.229. The monoisotopic (exact) mass is 197 g/mol. The molecule has 0 bridgehead atoms. The molecule has 0 aromatic rings. The minimum atomic E-state index is -1.23. The van der Waals surface area contributed by atoms with Crippen molar-refractivity contribution in [3.05, 3.63) is 0 Å². The number of hydroxylamine groups is 2. The summed E-state index contributed by atoms with van der Waals surface area (Å²) in [4.78, 5) is 24.4. The van der Waals surface area contributed by atoms with Crippen molar-refractivity contribution in [1.29, 1.82) is 0 Å². The van der Waals surface area contributed by atoms with Gasteiger partial charge in [0.05, 0.1) is 13.0 Å². The van der Waals surface area contributed by atoms with Crippen LogP contribution in [-0.4, -0.2) is 28.3 Å². The molecule has 11 heavy (non-hydrogen) atoms. The third-order valence-electron chi connectivity index (χ3n) is 1.19. The van der Waals surface area contributed by atoms with Crippen LogP contribution in [0.4, 0.5) is 0 Å². The summed E-state index contributed by atoms with van der Waals surface area (Å²) in [6.45, 7) is 0.422. The number of carbonyl (C=O) groups is 2. The van der Waals surface area contributed by atoms with Crippen LogP contribution in [0.25, 0.3) is 0 Å². The lowest BCUT2D eigenvalue weighted by Gasteiger charge is -2.27. The van der Waals surface area contributed by atoms with Crippen LogP contribution in [0.3, 0.4) is 0 Å². The second-order valence-corrected chi connectivity index (χ2v) is 3.05. The molecule has 1 heterocycles. The Bertz CT molecular complexity index is 194. The lowest BCUT2D eigenvalue weighted by atomic mass is 10.3. The number of hydrogen-bond acceptors (Lipinski definition) is 3. The number of alkyl halides is 2. The Balaban J connectivity index is 2.31. The predicted octanol–water partition coefficient (Wildman–Crippen LogP) is 0.481. The van der Waals surface area contributed by atoms with E-state index in [0.717, 1.165) is 5.06 Å². The number of rotatable bonds is 2. The molecule has 1 rings (SSSR count). The molecule has 0 spiro atoms. The van der Waals surface area contributed by atoms with Crippen molar-refractivity contribution in [1.82, 2.24) is 5.06 Å². The zero-order valence-corrected chi connectivity index (χ0v) is 6.93. The molecule has 1 saturated heterocycles. The lowest BCUT2D eigenvalue weighted by Crippen LogP contribution is -2.45. The molecule has 6 heteroatoms. The van der Waals surface area contributed by atoms with Crippen molar-refractivity contribution in [2.24, 2.45) is 0 Å². The van der Waals surface area contributed by atoms with Gasteiger partial charge in [0, 0.05) is 0 Å². The molecule has 1 amide bonds. The van der Waals surface area contributed by atoms with Gasteiger partial charge in [-0.3, -0.25) is 4.79 Å². The van der Waals surface area contributed by atoms with Gasteiger partial charge in [0.15, 0.2) is 0 Å². The van der Waals surface area contributed by atoms with Crippen LogP contribution in [-0.2, 0) is 14.4 Å². The first-order valence-electron chi connectivity index (χ1n) is 2.91. The first-order valence-corrected chi connectivity index (χ1v) is 3.79. The highest BCUT2D eigenvalue weighted by Gasteiger charge is 2.29. The molecule has 0 atom stereocenters. The quantitative estimate of drug-likeness (QED) is 0.478. The summed E-state index contributed by atoms with van der Waals surface area (Å²) in [7, 11) is 0. The molecule has 4 nitrogen and oxygen atoms in total. The number of nitrogens with zero attached hydrogens (tertiary/aromatic N) is 1. The van der Waals surface area contributed by atoms with Crippen LogP contribution in [0, 0.1) is 0 Å². The van der Waals surface area contributed by atoms with Crippen molar-refractivity contribution in [3.63, 3.8) is 0 Å². The summed E-state index contributed by atoms with van der Waals surface area (Å²) in [5.74, 6) is -1.05. The number of carbonyl (C=O) groups excluding carboxylic acids is 2. The van der Waals surface area contributed by atoms with E-state index >= 15 is 0 Å². The lowest BCUT2D eigenvalue weighted by molar-refractivity contribution is -0.210. The molecule has 62 valence electrons. The normalized spacial score (nSPS) is 16.6. The first-order chi connectivity index (χ1) is 5.11. The van der Waals surface area contributed by atoms with Crippen LogP contribution in [0.2, 0.25) is 0 Å². The highest BCUT2D eigenvalue weighted by atomic mass is 35.5. The third kappa shape index (κ3) is 1.97. The fraction of sp³-hybridized carbons (Fsp3) is 0.600. The highest BCUT2D eigenvalue weighted by Crippen LogP contribution is 2.12. The van der Waals surface area contributed by atoms with Crippen LogP contribution in [0.15, 0.2) is 0 Å². The van der Waals surface area contributed by atoms with Gasteiger partial charge in [-0.15, -0.1) is 0 Å². The van der Waals surface area contributed by atoms with Gasteiger partial charge in [0.1, 0.15) is 0 Å². The largest absolute Gasteiger partial charge is 0.365 e. The van der Waals surface area contributed by atoms with E-state index in [1.807, 2.05) is 0 Å². The van der Waals surface area contributed by atoms with Gasteiger partial charge in [-0.2, -0.15) is 5.06 Å². The van der Waals surface area contributed by atoms with E-state index in [4.69, 9.17) is 23.2 Å². The second kappa shape index (κ2) is 3.28. The summed E-state index contributed by atoms with van der Waals surface area (Å²) < 4.78 is 0. The van der Waals surface area contributed by atoms with E-state index < -0.39 is 10.8 Å². The van der Waals surface area contributed by atoms with Gasteiger partial charge in [0.2, 0.25) is 4.84 Å². The first kappa shape index (κ1) is 8.62. The van der Waals surface area contributed by atoms with E-state index in [2.05, 4.69) is 4.84 Å². The molecule has 0 aromatic heterocycles. The molecule has 0 unspecified atom stereocenters. The second-order valence-electron chi connectivity index (χ2n) is 1.96. The van der Waals surface area contributed by atoms with Gasteiger partial charge in [-0.05, 0) is 0 Å². The van der Waals surface area contributed by atoms with E-state index in [9.17, 15) is 9.59 Å². The Morgan fingerprint density at radius 2 is 2.27 bits per heavy atom. The van der Waals surface area contributed by atoms with Crippen molar-refractivity contribution >= 4 is 35.1 Å². The summed E-state index contributed by atoms with van der Waals surface area (Å²) in [5.41, 5.74) is 0. The maximum absolute atomic E-state index is 10.6. The van der Waals surface area contributed by atoms with Crippen molar-refractivity contribution in [2.45, 2.75) is 11.3 Å². The Morgan fingerprint density at radius 3 is 2.55 bits per heavy atom. The molecule has 0 aliphatic carbocycles. The van der Waals surface area contributed by atoms with Crippen LogP contribution in [0.1, 0.15) is 6.42 Å². The molecule has 1 aliphatic rings. The molecule has 0 aromatic carbocycles. The zero-order valence-electron chi connectivity index (χ0n) is 5.42. The van der Waals surface area contributed by atoms with E-state index in [-0.39, 0.29) is 5.91 Å². The number of hydrogen-bond donors (Lipinski definition) is 0. The van der Waals surface area contributed by atoms with Gasteiger partial charge in [0.25, 0.3) is 5.91 Å². The van der Waals surface area contributed by atoms with Gasteiger partial charge < -0.3 is 4.84 Å². The van der Waals surface area contributed by atoms with E-state index in [0.29, 0.717) is 13.0 Å². The summed E-state index contributed by atoms with van der Waals surface area (Å²) in [6.07, 6.45) is 0.405. The number of β-lactam (4-membered cyclic amide) rings is 1. The Hall–Kier alpha value is -0.480. The van der Waals surface area contributed by atoms with E-state index in [1.54, 1.807) is 0 Å². The SMILES string of the molecule is O=C(ON1CCC1=O)C(Cl)Cl. The standard InChI is InChI=1S/C5H5Cl2NO3/c6-4(7)5(10)11-8-2-1-3(8)9/h4H,1-2H2. The van der Waals surface area contributed by atoms with E-state index in [1.165, 1.54) is 0 Å². The average molecular weight is 198 g/mol. The molecular formula is C5H5Cl2NO3. The minimum Gasteiger partial charge on any atom is -0.335 e. The van der Waals surface area contributed by atoms with Crippen LogP contribution >= 0.6 is 23.2 Å². The van der Waals surface area contributed by atoms with Crippen LogP contribution in [0.5, 0.6) is 0 Å². The number of halogens is 2. The maximum atomic E-state index is 10.6. The molecule has 0 saturated carbocycles. The summed E-state index contributed by atoms with van der Waals surface area (Å²) in [5, 5.41) is 0.931. The fourth-order valence-electron chi connectivity index (χ4n) is 0.539. The summed E-state index contributed by atoms with van der Waals surface area (Å²) in [6, 6.07) is 0. The Labute approximate surface area is 73.0 Å². The van der Waals surface area contributed by atoms with Gasteiger partial charge in [-0.25, -0.2) is 4.79 Å². The van der Waals surface area contributed by atoms with Gasteiger partial charge >= 0.3 is 5.97 Å². The highest BCUT2D eigenvalue weighted by molar-refractivity contribution is 6.52. The van der Waals surface area contributed by atoms with Gasteiger partial charge in [-0.1, -0.05) is 23.2 Å². The third-order valence-corrected chi connectivity index (χ3v) is 1.54. The Morgan fingerprint density at radius 1 is 1.64 bits per heavy atom.